The Morgan fingerprint density at radius 1 is 1.03 bits per heavy atom. The Kier molecular flexibility index (Phi) is 11.0. The number of aromatic amines is 1. The first-order valence-electron chi connectivity index (χ1n) is 10.6. The van der Waals surface area contributed by atoms with Gasteiger partial charge in [-0.2, -0.15) is 0 Å². The molecule has 13 nitrogen and oxygen atoms in total. The van der Waals surface area contributed by atoms with Crippen LogP contribution in [-0.4, -0.2) is 68.8 Å². The summed E-state index contributed by atoms with van der Waals surface area (Å²) in [7, 11) is 0. The lowest BCUT2D eigenvalue weighted by molar-refractivity contribution is -0.142. The third-order valence-electron chi connectivity index (χ3n) is 4.72. The standard InChI is InChI=1S/C20H33N7O6/c1-10(2)6-15(20(32)33)27-17(29)11(3)25-19(31)14(4-5-16(22)28)26-18(30)13(21)7-12-8-23-9-24-12/h8-11,13-15H,4-7,21H2,1-3H3,(H2,22,28)(H,23,24)(H,25,31)(H,26,30)(H,27,29)(H,32,33). The molecule has 33 heavy (non-hydrogen) atoms. The third kappa shape index (κ3) is 10.1. The number of aliphatic carboxylic acids is 1. The van der Waals surface area contributed by atoms with E-state index in [0.29, 0.717) is 5.69 Å². The van der Waals surface area contributed by atoms with Gasteiger partial charge in [0.1, 0.15) is 18.1 Å². The molecule has 0 aliphatic rings. The van der Waals surface area contributed by atoms with Crippen molar-refractivity contribution < 1.29 is 29.1 Å². The molecular weight excluding hydrogens is 434 g/mol. The quantitative estimate of drug-likeness (QED) is 0.164. The van der Waals surface area contributed by atoms with Crippen LogP contribution >= 0.6 is 0 Å². The number of rotatable bonds is 14. The lowest BCUT2D eigenvalue weighted by Crippen LogP contribution is -2.56. The van der Waals surface area contributed by atoms with Crippen molar-refractivity contribution in [2.75, 3.05) is 0 Å². The van der Waals surface area contributed by atoms with Gasteiger partial charge in [0.25, 0.3) is 0 Å². The fourth-order valence-electron chi connectivity index (χ4n) is 2.93. The van der Waals surface area contributed by atoms with Gasteiger partial charge < -0.3 is 37.5 Å². The molecule has 0 fully saturated rings. The molecule has 0 saturated heterocycles. The minimum absolute atomic E-state index is 0.0238. The smallest absolute Gasteiger partial charge is 0.326 e. The van der Waals surface area contributed by atoms with E-state index in [2.05, 4.69) is 25.9 Å². The number of carboxylic acid groups (broad SMARTS) is 1. The number of carbonyl (C=O) groups excluding carboxylic acids is 4. The number of nitrogens with one attached hydrogen (secondary N) is 4. The molecule has 0 bridgehead atoms. The van der Waals surface area contributed by atoms with Crippen molar-refractivity contribution in [2.45, 2.75) is 70.6 Å². The van der Waals surface area contributed by atoms with Gasteiger partial charge in [0.15, 0.2) is 0 Å². The topological polar surface area (TPSA) is 222 Å². The summed E-state index contributed by atoms with van der Waals surface area (Å²) in [5.41, 5.74) is 11.7. The van der Waals surface area contributed by atoms with Crippen LogP contribution in [0.3, 0.4) is 0 Å². The molecule has 0 radical (unpaired) electrons. The van der Waals surface area contributed by atoms with E-state index in [9.17, 15) is 29.1 Å². The molecule has 1 rings (SSSR count). The molecular formula is C20H33N7O6. The summed E-state index contributed by atoms with van der Waals surface area (Å²) in [4.78, 5) is 66.8. The van der Waals surface area contributed by atoms with Crippen molar-refractivity contribution in [1.29, 1.82) is 0 Å². The molecule has 0 aliphatic heterocycles. The number of carboxylic acids is 1. The second kappa shape index (κ2) is 13.2. The SMILES string of the molecule is CC(C)CC(NC(=O)C(C)NC(=O)C(CCC(N)=O)NC(=O)C(N)Cc1cnc[nH]1)C(=O)O. The summed E-state index contributed by atoms with van der Waals surface area (Å²) in [6, 6.07) is -4.39. The van der Waals surface area contributed by atoms with E-state index in [-0.39, 0.29) is 31.6 Å². The molecule has 13 heteroatoms. The lowest BCUT2D eigenvalue weighted by Gasteiger charge is -2.23. The highest BCUT2D eigenvalue weighted by Gasteiger charge is 2.29. The van der Waals surface area contributed by atoms with Crippen molar-refractivity contribution in [3.05, 3.63) is 18.2 Å². The van der Waals surface area contributed by atoms with E-state index < -0.39 is 53.8 Å². The molecule has 184 valence electrons. The fourth-order valence-corrected chi connectivity index (χ4v) is 2.93. The minimum atomic E-state index is -1.19. The second-order valence-corrected chi connectivity index (χ2v) is 8.21. The molecule has 4 unspecified atom stereocenters. The van der Waals surface area contributed by atoms with Crippen LogP contribution in [-0.2, 0) is 30.4 Å². The predicted octanol–water partition coefficient (Wildman–Crippen LogP) is -1.85. The number of primary amides is 1. The van der Waals surface area contributed by atoms with E-state index in [4.69, 9.17) is 11.5 Å². The highest BCUT2D eigenvalue weighted by atomic mass is 16.4. The van der Waals surface area contributed by atoms with Crippen molar-refractivity contribution >= 4 is 29.6 Å². The Morgan fingerprint density at radius 3 is 2.18 bits per heavy atom. The van der Waals surface area contributed by atoms with Crippen LogP contribution in [0, 0.1) is 5.92 Å². The van der Waals surface area contributed by atoms with Gasteiger partial charge in [-0.15, -0.1) is 0 Å². The van der Waals surface area contributed by atoms with E-state index >= 15 is 0 Å². The number of hydrogen-bond donors (Lipinski definition) is 7. The zero-order chi connectivity index (χ0) is 25.1. The van der Waals surface area contributed by atoms with Gasteiger partial charge in [-0.1, -0.05) is 13.8 Å². The molecule has 0 aliphatic carbocycles. The normalized spacial score (nSPS) is 14.6. The first-order chi connectivity index (χ1) is 15.4. The molecule has 1 aromatic rings. The zero-order valence-electron chi connectivity index (χ0n) is 19.0. The van der Waals surface area contributed by atoms with Gasteiger partial charge in [-0.25, -0.2) is 9.78 Å². The largest absolute Gasteiger partial charge is 0.480 e. The van der Waals surface area contributed by atoms with Crippen LogP contribution in [0.15, 0.2) is 12.5 Å². The zero-order valence-corrected chi connectivity index (χ0v) is 19.0. The Hall–Kier alpha value is -3.48. The molecule has 0 spiro atoms. The monoisotopic (exact) mass is 467 g/mol. The van der Waals surface area contributed by atoms with Gasteiger partial charge in [0, 0.05) is 24.7 Å². The van der Waals surface area contributed by atoms with Crippen molar-refractivity contribution in [3.63, 3.8) is 0 Å². The number of H-pyrrole nitrogens is 1. The molecule has 4 atom stereocenters. The first-order valence-corrected chi connectivity index (χ1v) is 10.6. The number of amides is 4. The molecule has 0 aromatic carbocycles. The van der Waals surface area contributed by atoms with Gasteiger partial charge in [0.05, 0.1) is 12.4 Å². The van der Waals surface area contributed by atoms with Crippen LogP contribution < -0.4 is 27.4 Å². The van der Waals surface area contributed by atoms with Crippen molar-refractivity contribution in [3.8, 4) is 0 Å². The highest BCUT2D eigenvalue weighted by molar-refractivity contribution is 5.94. The molecule has 4 amide bonds. The second-order valence-electron chi connectivity index (χ2n) is 8.21. The number of imidazole rings is 1. The van der Waals surface area contributed by atoms with Gasteiger partial charge in [0.2, 0.25) is 23.6 Å². The van der Waals surface area contributed by atoms with E-state index in [1.165, 1.54) is 19.4 Å². The van der Waals surface area contributed by atoms with Crippen LogP contribution in [0.1, 0.15) is 45.7 Å². The summed E-state index contributed by atoms with van der Waals surface area (Å²) >= 11 is 0. The summed E-state index contributed by atoms with van der Waals surface area (Å²) in [6.45, 7) is 5.01. The number of nitrogens with two attached hydrogens (primary N) is 2. The Morgan fingerprint density at radius 2 is 1.67 bits per heavy atom. The van der Waals surface area contributed by atoms with Gasteiger partial charge in [-0.3, -0.25) is 19.2 Å². The molecule has 1 aromatic heterocycles. The first kappa shape index (κ1) is 27.6. The summed E-state index contributed by atoms with van der Waals surface area (Å²) < 4.78 is 0. The lowest BCUT2D eigenvalue weighted by atomic mass is 10.0. The number of hydrogen-bond acceptors (Lipinski definition) is 7. The highest BCUT2D eigenvalue weighted by Crippen LogP contribution is 2.06. The summed E-state index contributed by atoms with van der Waals surface area (Å²) in [5.74, 6) is -3.92. The van der Waals surface area contributed by atoms with E-state index in [1.54, 1.807) is 0 Å². The Bertz CT molecular complexity index is 827. The maximum Gasteiger partial charge on any atom is 0.326 e. The Balaban J connectivity index is 2.77. The number of aromatic nitrogens is 2. The minimum Gasteiger partial charge on any atom is -0.480 e. The average Bonchev–Trinajstić information content (AvgIpc) is 3.22. The maximum absolute atomic E-state index is 12.7. The summed E-state index contributed by atoms with van der Waals surface area (Å²) in [5, 5.41) is 16.6. The number of carbonyl (C=O) groups is 5. The van der Waals surface area contributed by atoms with Gasteiger partial charge in [-0.05, 0) is 25.7 Å². The maximum atomic E-state index is 12.7. The van der Waals surface area contributed by atoms with E-state index in [1.807, 2.05) is 13.8 Å². The Labute approximate surface area is 191 Å². The van der Waals surface area contributed by atoms with Crippen molar-refractivity contribution in [2.24, 2.45) is 17.4 Å². The van der Waals surface area contributed by atoms with Crippen LogP contribution in [0.4, 0.5) is 0 Å². The average molecular weight is 468 g/mol. The summed E-state index contributed by atoms with van der Waals surface area (Å²) in [6.07, 6.45) is 3.00. The van der Waals surface area contributed by atoms with Crippen LogP contribution in [0.5, 0.6) is 0 Å². The van der Waals surface area contributed by atoms with Crippen molar-refractivity contribution in [1.82, 2.24) is 25.9 Å². The fraction of sp³-hybridized carbons (Fsp3) is 0.600. The molecule has 9 N–H and O–H groups in total. The van der Waals surface area contributed by atoms with Crippen LogP contribution in [0.25, 0.3) is 0 Å². The molecule has 0 saturated carbocycles. The number of nitrogens with zero attached hydrogens (tertiary/aromatic N) is 1. The van der Waals surface area contributed by atoms with Gasteiger partial charge >= 0.3 is 5.97 Å². The molecule has 1 heterocycles. The third-order valence-corrected chi connectivity index (χ3v) is 4.72. The van der Waals surface area contributed by atoms with E-state index in [0.717, 1.165) is 0 Å². The predicted molar refractivity (Wildman–Crippen MR) is 117 cm³/mol. The van der Waals surface area contributed by atoms with Crippen LogP contribution in [0.2, 0.25) is 0 Å².